The molecule has 0 fully saturated rings. The number of nitrogens with zero attached hydrogens (tertiary/aromatic N) is 3. The highest BCUT2D eigenvalue weighted by molar-refractivity contribution is 9.10. The fraction of sp³-hybridized carbons (Fsp3) is 0.250. The number of benzene rings is 1. The van der Waals surface area contributed by atoms with Crippen LogP contribution < -0.4 is 5.32 Å². The van der Waals surface area contributed by atoms with Crippen molar-refractivity contribution in [2.24, 2.45) is 0 Å². The quantitative estimate of drug-likeness (QED) is 0.863. The summed E-state index contributed by atoms with van der Waals surface area (Å²) in [6.45, 7) is 1.66. The second-order valence-electron chi connectivity index (χ2n) is 4.13. The molecule has 5 nitrogen and oxygen atoms in total. The van der Waals surface area contributed by atoms with Crippen LogP contribution >= 0.6 is 15.9 Å². The van der Waals surface area contributed by atoms with Crippen LogP contribution in [0.2, 0.25) is 0 Å². The van der Waals surface area contributed by atoms with Gasteiger partial charge in [-0.15, -0.1) is 5.10 Å². The zero-order valence-electron chi connectivity index (χ0n) is 9.56. The first-order valence-corrected chi connectivity index (χ1v) is 6.52. The standard InChI is InChI=1S/C12H11BrN4O/c13-9-4-2-8(3-5-9)11(18)10-12-14-6-1-7-17(12)16-15-10/h2-5,14H,1,6-7H2. The number of fused-ring (bicyclic) bond motifs is 1. The second-order valence-corrected chi connectivity index (χ2v) is 5.04. The van der Waals surface area contributed by atoms with Crippen LogP contribution in [0.25, 0.3) is 0 Å². The SMILES string of the molecule is O=C(c1ccc(Br)cc1)c1nnn2c1NCCC2. The van der Waals surface area contributed by atoms with Crippen molar-refractivity contribution in [2.75, 3.05) is 11.9 Å². The van der Waals surface area contributed by atoms with E-state index in [1.165, 1.54) is 0 Å². The van der Waals surface area contributed by atoms with Crippen molar-refractivity contribution in [2.45, 2.75) is 13.0 Å². The van der Waals surface area contributed by atoms with Crippen LogP contribution in [0.3, 0.4) is 0 Å². The molecule has 1 N–H and O–H groups in total. The molecule has 0 atom stereocenters. The Labute approximate surface area is 112 Å². The number of aromatic nitrogens is 3. The molecule has 6 heteroatoms. The lowest BCUT2D eigenvalue weighted by Crippen LogP contribution is -2.19. The summed E-state index contributed by atoms with van der Waals surface area (Å²) in [7, 11) is 0. The number of hydrogen-bond donors (Lipinski definition) is 1. The van der Waals surface area contributed by atoms with Crippen LogP contribution in [0.15, 0.2) is 28.7 Å². The number of aryl methyl sites for hydroxylation is 1. The zero-order chi connectivity index (χ0) is 12.5. The van der Waals surface area contributed by atoms with Crippen molar-refractivity contribution in [3.05, 3.63) is 40.0 Å². The zero-order valence-corrected chi connectivity index (χ0v) is 11.1. The molecule has 18 heavy (non-hydrogen) atoms. The van der Waals surface area contributed by atoms with Crippen LogP contribution in [-0.2, 0) is 6.54 Å². The molecule has 2 heterocycles. The van der Waals surface area contributed by atoms with Gasteiger partial charge < -0.3 is 5.32 Å². The van der Waals surface area contributed by atoms with Gasteiger partial charge in [0.1, 0.15) is 0 Å². The van der Waals surface area contributed by atoms with Gasteiger partial charge in [-0.3, -0.25) is 4.79 Å². The molecular weight excluding hydrogens is 296 g/mol. The number of carbonyl (C=O) groups is 1. The Hall–Kier alpha value is -1.69. The molecule has 0 unspecified atom stereocenters. The molecule has 3 rings (SSSR count). The van der Waals surface area contributed by atoms with Crippen molar-refractivity contribution < 1.29 is 4.79 Å². The summed E-state index contributed by atoms with van der Waals surface area (Å²) >= 11 is 3.35. The van der Waals surface area contributed by atoms with Crippen molar-refractivity contribution in [1.82, 2.24) is 15.0 Å². The molecule has 92 valence electrons. The van der Waals surface area contributed by atoms with Crippen molar-refractivity contribution >= 4 is 27.5 Å². The molecule has 0 bridgehead atoms. The third-order valence-corrected chi connectivity index (χ3v) is 3.42. The van der Waals surface area contributed by atoms with Gasteiger partial charge in [0.05, 0.1) is 0 Å². The lowest BCUT2D eigenvalue weighted by atomic mass is 10.1. The maximum absolute atomic E-state index is 12.3. The topological polar surface area (TPSA) is 59.8 Å². The number of carbonyl (C=O) groups excluding carboxylic acids is 1. The number of rotatable bonds is 2. The molecule has 0 saturated carbocycles. The molecule has 1 aromatic carbocycles. The fourth-order valence-corrected chi connectivity index (χ4v) is 2.24. The van der Waals surface area contributed by atoms with E-state index >= 15 is 0 Å². The molecule has 0 aliphatic carbocycles. The summed E-state index contributed by atoms with van der Waals surface area (Å²) in [5.41, 5.74) is 1.02. The lowest BCUT2D eigenvalue weighted by molar-refractivity contribution is 0.103. The lowest BCUT2D eigenvalue weighted by Gasteiger charge is -2.15. The fourth-order valence-electron chi connectivity index (χ4n) is 1.97. The van der Waals surface area contributed by atoms with E-state index in [4.69, 9.17) is 0 Å². The van der Waals surface area contributed by atoms with E-state index in [2.05, 4.69) is 31.6 Å². The molecule has 1 aromatic heterocycles. The van der Waals surface area contributed by atoms with Crippen LogP contribution in [0.1, 0.15) is 22.5 Å². The number of nitrogens with one attached hydrogen (secondary N) is 1. The van der Waals surface area contributed by atoms with Crippen LogP contribution in [-0.4, -0.2) is 27.3 Å². The summed E-state index contributed by atoms with van der Waals surface area (Å²) in [4.78, 5) is 12.3. The highest BCUT2D eigenvalue weighted by Crippen LogP contribution is 2.21. The molecule has 0 saturated heterocycles. The normalized spacial score (nSPS) is 13.8. The van der Waals surface area contributed by atoms with E-state index in [0.717, 1.165) is 29.8 Å². The van der Waals surface area contributed by atoms with E-state index in [1.807, 2.05) is 12.1 Å². The van der Waals surface area contributed by atoms with Gasteiger partial charge in [0.2, 0.25) is 5.78 Å². The van der Waals surface area contributed by atoms with Crippen LogP contribution in [0.4, 0.5) is 5.82 Å². The monoisotopic (exact) mass is 306 g/mol. The van der Waals surface area contributed by atoms with Crippen molar-refractivity contribution in [1.29, 1.82) is 0 Å². The van der Waals surface area contributed by atoms with E-state index in [1.54, 1.807) is 16.8 Å². The van der Waals surface area contributed by atoms with E-state index in [9.17, 15) is 4.79 Å². The van der Waals surface area contributed by atoms with Gasteiger partial charge in [-0.25, -0.2) is 4.68 Å². The molecule has 0 radical (unpaired) electrons. The molecule has 0 amide bonds. The molecule has 1 aliphatic heterocycles. The van der Waals surface area contributed by atoms with E-state index in [-0.39, 0.29) is 5.78 Å². The van der Waals surface area contributed by atoms with Crippen molar-refractivity contribution in [3.8, 4) is 0 Å². The summed E-state index contributed by atoms with van der Waals surface area (Å²) in [5.74, 6) is 0.632. The van der Waals surface area contributed by atoms with E-state index < -0.39 is 0 Å². The summed E-state index contributed by atoms with van der Waals surface area (Å²) in [6.07, 6.45) is 1.00. The number of halogens is 1. The summed E-state index contributed by atoms with van der Waals surface area (Å²) in [6, 6.07) is 7.25. The Kier molecular flexibility index (Phi) is 2.87. The summed E-state index contributed by atoms with van der Waals surface area (Å²) < 4.78 is 2.69. The third-order valence-electron chi connectivity index (χ3n) is 2.90. The van der Waals surface area contributed by atoms with Gasteiger partial charge in [0.25, 0.3) is 0 Å². The second kappa shape index (κ2) is 4.53. The number of hydrogen-bond acceptors (Lipinski definition) is 4. The average molecular weight is 307 g/mol. The third kappa shape index (κ3) is 1.92. The Balaban J connectivity index is 1.97. The predicted octanol–water partition coefficient (Wildman–Crippen LogP) is 2.09. The molecule has 0 spiro atoms. The van der Waals surface area contributed by atoms with Crippen molar-refractivity contribution in [3.63, 3.8) is 0 Å². The maximum Gasteiger partial charge on any atom is 0.217 e. The van der Waals surface area contributed by atoms with Gasteiger partial charge in [0, 0.05) is 23.1 Å². The smallest absolute Gasteiger partial charge is 0.217 e. The Morgan fingerprint density at radius 2 is 2.11 bits per heavy atom. The molecular formula is C12H11BrN4O. The Bertz CT molecular complexity index is 591. The Morgan fingerprint density at radius 3 is 2.89 bits per heavy atom. The Morgan fingerprint density at radius 1 is 1.33 bits per heavy atom. The maximum atomic E-state index is 12.3. The minimum absolute atomic E-state index is 0.0989. The number of ketones is 1. The largest absolute Gasteiger partial charge is 0.368 e. The molecule has 2 aromatic rings. The van der Waals surface area contributed by atoms with Gasteiger partial charge in [-0.05, 0) is 30.7 Å². The van der Waals surface area contributed by atoms with Gasteiger partial charge in [0.15, 0.2) is 11.5 Å². The minimum atomic E-state index is -0.0989. The van der Waals surface area contributed by atoms with Crippen LogP contribution in [0.5, 0.6) is 0 Å². The van der Waals surface area contributed by atoms with Gasteiger partial charge in [-0.2, -0.15) is 0 Å². The predicted molar refractivity (Wildman–Crippen MR) is 70.7 cm³/mol. The number of anilines is 1. The summed E-state index contributed by atoms with van der Waals surface area (Å²) in [5, 5.41) is 11.2. The first-order valence-electron chi connectivity index (χ1n) is 5.73. The minimum Gasteiger partial charge on any atom is -0.368 e. The molecule has 1 aliphatic rings. The van der Waals surface area contributed by atoms with Gasteiger partial charge >= 0.3 is 0 Å². The van der Waals surface area contributed by atoms with E-state index in [0.29, 0.717) is 11.3 Å². The average Bonchev–Trinajstić information content (AvgIpc) is 2.82. The highest BCUT2D eigenvalue weighted by Gasteiger charge is 2.22. The first kappa shape index (κ1) is 11.4. The highest BCUT2D eigenvalue weighted by atomic mass is 79.9. The van der Waals surface area contributed by atoms with Crippen LogP contribution in [0, 0.1) is 0 Å². The first-order chi connectivity index (χ1) is 8.75. The van der Waals surface area contributed by atoms with Gasteiger partial charge in [-0.1, -0.05) is 21.1 Å².